The Morgan fingerprint density at radius 2 is 1.62 bits per heavy atom. The number of hydrogen-bond donors (Lipinski definition) is 0. The number of likely N-dealkylation sites (N-methyl/N-ethyl adjacent to an activating group) is 1. The van der Waals surface area contributed by atoms with Gasteiger partial charge in [-0.3, -0.25) is 0 Å². The quantitative estimate of drug-likeness (QED) is 0.480. The van der Waals surface area contributed by atoms with Crippen LogP contribution < -0.4 is 0 Å². The Labute approximate surface area is 91.8 Å². The van der Waals surface area contributed by atoms with E-state index in [2.05, 4.69) is 80.1 Å². The molecule has 0 aliphatic heterocycles. The Kier molecular flexibility index (Phi) is 7.41. The molecule has 0 aromatic carbocycles. The highest BCUT2D eigenvalue weighted by molar-refractivity contribution is 14.2. The van der Waals surface area contributed by atoms with Gasteiger partial charge in [-0.05, 0) is 7.05 Å². The lowest BCUT2D eigenvalue weighted by Gasteiger charge is -2.08. The van der Waals surface area contributed by atoms with Gasteiger partial charge in [0.1, 0.15) is 0 Å². The topological polar surface area (TPSA) is 6.48 Å². The van der Waals surface area contributed by atoms with E-state index in [0.29, 0.717) is 0 Å². The van der Waals surface area contributed by atoms with Crippen LogP contribution in [0, 0.1) is 0 Å². The number of hydrogen-bond acceptors (Lipinski definition) is 2. The van der Waals surface area contributed by atoms with Crippen molar-refractivity contribution in [3.63, 3.8) is 0 Å². The number of nitrogens with zero attached hydrogens (tertiary/aromatic N) is 2. The van der Waals surface area contributed by atoms with Crippen molar-refractivity contribution in [3.05, 3.63) is 0 Å². The maximum absolute atomic E-state index is 2.28. The van der Waals surface area contributed by atoms with Crippen LogP contribution in [0.1, 0.15) is 0 Å². The van der Waals surface area contributed by atoms with Crippen molar-refractivity contribution in [3.8, 4) is 0 Å². The lowest BCUT2D eigenvalue weighted by atomic mass is 10.7. The molecule has 0 radical (unpaired) electrons. The van der Waals surface area contributed by atoms with Gasteiger partial charge in [-0.1, -0.05) is 0 Å². The number of halogens is 3. The third kappa shape index (κ3) is 8.11. The van der Waals surface area contributed by atoms with Gasteiger partial charge in [-0.2, -0.15) is 1.33 Å². The van der Waals surface area contributed by atoms with E-state index >= 15 is 0 Å². The maximum Gasteiger partial charge on any atom is 0.0321 e. The third-order valence-electron chi connectivity index (χ3n) is 0.577. The minimum atomic E-state index is 1.11. The van der Waals surface area contributed by atoms with Gasteiger partial charge in [0.15, 0.2) is 0 Å². The maximum atomic E-state index is 2.28. The van der Waals surface area contributed by atoms with E-state index < -0.39 is 0 Å². The Morgan fingerprint density at radius 3 is 1.75 bits per heavy atom. The average Bonchev–Trinajstić information content (AvgIpc) is 1.61. The second kappa shape index (κ2) is 5.86. The molecule has 0 saturated heterocycles. The van der Waals surface area contributed by atoms with Crippen molar-refractivity contribution in [1.82, 2.24) is 4.44 Å². The normalized spacial score (nSPS) is 11.2. The summed E-state index contributed by atoms with van der Waals surface area (Å²) in [6.45, 7) is 2.23. The van der Waals surface area contributed by atoms with Gasteiger partial charge in [0.25, 0.3) is 0 Å². The fourth-order valence-corrected chi connectivity index (χ4v) is 0.861. The highest BCUT2D eigenvalue weighted by Crippen LogP contribution is 2.06. The average molecular weight is 452 g/mol. The zero-order valence-corrected chi connectivity index (χ0v) is 10.9. The summed E-state index contributed by atoms with van der Waals surface area (Å²) < 4.78 is 4.26. The van der Waals surface area contributed by atoms with Crippen LogP contribution in [0.2, 0.25) is 0 Å². The van der Waals surface area contributed by atoms with Crippen molar-refractivity contribution < 1.29 is 0 Å². The molecule has 0 spiro atoms. The van der Waals surface area contributed by atoms with Crippen molar-refractivity contribution in [1.29, 1.82) is 0 Å². The summed E-state index contributed by atoms with van der Waals surface area (Å²) in [5, 5.41) is 0. The largest absolute Gasteiger partial charge is 0.249 e. The Balaban J connectivity index is 2.93. The van der Waals surface area contributed by atoms with Gasteiger partial charge in [-0.15, -0.1) is 0 Å². The highest BCUT2D eigenvalue weighted by Gasteiger charge is 1.94. The summed E-state index contributed by atoms with van der Waals surface area (Å²) in [7, 11) is 2.07. The van der Waals surface area contributed by atoms with Crippen molar-refractivity contribution >= 4 is 68.6 Å². The summed E-state index contributed by atoms with van der Waals surface area (Å²) in [5.41, 5.74) is 0. The van der Waals surface area contributed by atoms with E-state index in [0.717, 1.165) is 13.1 Å². The zero-order chi connectivity index (χ0) is 6.57. The van der Waals surface area contributed by atoms with Gasteiger partial charge >= 0.3 is 0 Å². The van der Waals surface area contributed by atoms with E-state index in [4.69, 9.17) is 0 Å². The van der Waals surface area contributed by atoms with Crippen LogP contribution in [0.25, 0.3) is 0 Å². The van der Waals surface area contributed by atoms with Crippen LogP contribution in [0.15, 0.2) is 0 Å². The monoisotopic (exact) mass is 452 g/mol. The lowest BCUT2D eigenvalue weighted by Crippen LogP contribution is -2.14. The molecule has 0 rings (SSSR count). The molecule has 0 fully saturated rings. The molecule has 2 nitrogen and oxygen atoms in total. The van der Waals surface area contributed by atoms with Gasteiger partial charge in [-0.25, -0.2) is 3.11 Å². The van der Waals surface area contributed by atoms with Crippen LogP contribution in [0.4, 0.5) is 0 Å². The molecule has 0 unspecified atom stereocenters. The molecular formula is C3H7I3N2. The first kappa shape index (κ1) is 10.1. The summed E-state index contributed by atoms with van der Waals surface area (Å²) in [4.78, 5) is 0. The molecular weight excluding hydrogens is 445 g/mol. The Hall–Kier alpha value is 2.11. The Bertz CT molecular complexity index is 48.5. The third-order valence-corrected chi connectivity index (χ3v) is 2.02. The van der Waals surface area contributed by atoms with E-state index in [1.54, 1.807) is 0 Å². The highest BCUT2D eigenvalue weighted by atomic mass is 127. The first-order chi connectivity index (χ1) is 3.63. The van der Waals surface area contributed by atoms with Crippen molar-refractivity contribution in [2.75, 3.05) is 20.1 Å². The molecule has 0 N–H and O–H groups in total. The molecule has 0 aromatic heterocycles. The van der Waals surface area contributed by atoms with Gasteiger partial charge in [0.05, 0.1) is 0 Å². The predicted octanol–water partition coefficient (Wildman–Crippen LogP) is 2.27. The van der Waals surface area contributed by atoms with Crippen LogP contribution >= 0.6 is 68.6 Å². The first-order valence-electron chi connectivity index (χ1n) is 2.09. The molecule has 0 aromatic rings. The summed E-state index contributed by atoms with van der Waals surface area (Å²) in [5.74, 6) is 0. The minimum absolute atomic E-state index is 1.11. The van der Waals surface area contributed by atoms with E-state index in [-0.39, 0.29) is 0 Å². The Morgan fingerprint density at radius 1 is 1.12 bits per heavy atom. The molecule has 8 heavy (non-hydrogen) atoms. The second-order valence-electron chi connectivity index (χ2n) is 1.35. The van der Waals surface area contributed by atoms with Crippen LogP contribution in [-0.4, -0.2) is 24.6 Å². The number of rotatable bonds is 3. The molecule has 0 saturated carbocycles. The smallest absolute Gasteiger partial charge is 0.0321 e. The molecule has 5 heteroatoms. The first-order valence-corrected chi connectivity index (χ1v) is 4.98. The molecule has 0 bridgehead atoms. The zero-order valence-electron chi connectivity index (χ0n) is 4.44. The van der Waals surface area contributed by atoms with Crippen LogP contribution in [-0.2, 0) is 0 Å². The summed E-state index contributed by atoms with van der Waals surface area (Å²) in [6.07, 6.45) is 0. The van der Waals surface area contributed by atoms with E-state index in [1.807, 2.05) is 0 Å². The molecule has 0 aliphatic rings. The van der Waals surface area contributed by atoms with Gasteiger partial charge < -0.3 is 0 Å². The summed E-state index contributed by atoms with van der Waals surface area (Å²) >= 11 is 6.81. The SMILES string of the molecule is CN(I)CCN(I)I. The predicted molar refractivity (Wildman–Crippen MR) is 61.4 cm³/mol. The molecule has 0 amide bonds. The fourth-order valence-electron chi connectivity index (χ4n) is 0.213. The molecule has 50 valence electrons. The summed E-state index contributed by atoms with van der Waals surface area (Å²) in [6, 6.07) is 0. The molecule has 0 heterocycles. The standard InChI is InChI=1S/C3H7I3N2/c1-7(4)2-3-8(5)6/h2-3H2,1H3. The molecule has 0 aliphatic carbocycles. The van der Waals surface area contributed by atoms with Crippen LogP contribution in [0.3, 0.4) is 0 Å². The van der Waals surface area contributed by atoms with Crippen LogP contribution in [0.5, 0.6) is 0 Å². The van der Waals surface area contributed by atoms with Crippen molar-refractivity contribution in [2.45, 2.75) is 0 Å². The van der Waals surface area contributed by atoms with Gasteiger partial charge in [0.2, 0.25) is 0 Å². The van der Waals surface area contributed by atoms with E-state index in [1.165, 1.54) is 0 Å². The fraction of sp³-hybridized carbons (Fsp3) is 1.00. The van der Waals surface area contributed by atoms with E-state index in [9.17, 15) is 0 Å². The minimum Gasteiger partial charge on any atom is -0.249 e. The molecule has 0 atom stereocenters. The second-order valence-corrected chi connectivity index (χ2v) is 7.18. The lowest BCUT2D eigenvalue weighted by molar-refractivity contribution is 0.582. The van der Waals surface area contributed by atoms with Crippen molar-refractivity contribution in [2.24, 2.45) is 0 Å². The van der Waals surface area contributed by atoms with Gasteiger partial charge in [0, 0.05) is 81.7 Å².